The van der Waals surface area contributed by atoms with E-state index in [9.17, 15) is 8.42 Å². The molecule has 3 rings (SSSR count). The topological polar surface area (TPSA) is 106 Å². The summed E-state index contributed by atoms with van der Waals surface area (Å²) in [5.74, 6) is 1.31. The van der Waals surface area contributed by atoms with Crippen LogP contribution in [0, 0.1) is 0 Å². The van der Waals surface area contributed by atoms with Gasteiger partial charge in [-0.1, -0.05) is 0 Å². The fourth-order valence-corrected chi connectivity index (χ4v) is 3.49. The zero-order valence-electron chi connectivity index (χ0n) is 13.0. The van der Waals surface area contributed by atoms with Crippen LogP contribution in [0.5, 0.6) is 0 Å². The third kappa shape index (κ3) is 3.82. The van der Waals surface area contributed by atoms with E-state index < -0.39 is 10.0 Å². The van der Waals surface area contributed by atoms with Crippen molar-refractivity contribution in [2.24, 2.45) is 7.05 Å². The van der Waals surface area contributed by atoms with E-state index in [4.69, 9.17) is 0 Å². The molecule has 23 heavy (non-hydrogen) atoms. The number of aromatic nitrogens is 5. The van der Waals surface area contributed by atoms with E-state index in [1.54, 1.807) is 16.9 Å². The van der Waals surface area contributed by atoms with E-state index in [1.165, 1.54) is 12.6 Å². The van der Waals surface area contributed by atoms with Crippen molar-refractivity contribution in [1.82, 2.24) is 29.5 Å². The van der Waals surface area contributed by atoms with Crippen LogP contribution in [-0.4, -0.2) is 58.5 Å². The summed E-state index contributed by atoms with van der Waals surface area (Å²) < 4.78 is 26.9. The zero-order chi connectivity index (χ0) is 16.4. The monoisotopic (exact) mass is 337 g/mol. The molecule has 3 heterocycles. The van der Waals surface area contributed by atoms with E-state index in [0.717, 1.165) is 12.8 Å². The van der Waals surface area contributed by atoms with Crippen molar-refractivity contribution < 1.29 is 8.42 Å². The largest absolute Gasteiger partial charge is 0.341 e. The van der Waals surface area contributed by atoms with Gasteiger partial charge in [0.15, 0.2) is 5.82 Å². The Morgan fingerprint density at radius 3 is 2.61 bits per heavy atom. The normalized spacial score (nSPS) is 16.7. The lowest BCUT2D eigenvalue weighted by molar-refractivity contribution is 0.458. The molecule has 1 aliphatic heterocycles. The minimum atomic E-state index is -3.16. The minimum absolute atomic E-state index is 0.0248. The van der Waals surface area contributed by atoms with Crippen LogP contribution in [0.15, 0.2) is 18.6 Å². The van der Waals surface area contributed by atoms with Gasteiger partial charge in [0.1, 0.15) is 12.0 Å². The maximum atomic E-state index is 11.3. The molecule has 10 heteroatoms. The van der Waals surface area contributed by atoms with Gasteiger partial charge in [0.05, 0.1) is 6.26 Å². The van der Waals surface area contributed by atoms with Gasteiger partial charge < -0.3 is 4.90 Å². The summed E-state index contributed by atoms with van der Waals surface area (Å²) in [4.78, 5) is 15.1. The van der Waals surface area contributed by atoms with Crippen molar-refractivity contribution in [3.8, 4) is 11.5 Å². The second kappa shape index (κ2) is 6.20. The van der Waals surface area contributed by atoms with Gasteiger partial charge in [-0.25, -0.2) is 32.8 Å². The van der Waals surface area contributed by atoms with Crippen LogP contribution in [-0.2, 0) is 17.1 Å². The standard InChI is InChI=1S/C13H19N7O2S/c1-19-12(15-9-16-19)11-3-6-14-13(17-11)20-7-4-10(5-8-20)18-23(2,21)22/h3,6,9-10,18H,4-5,7-8H2,1-2H3. The lowest BCUT2D eigenvalue weighted by Crippen LogP contribution is -2.44. The lowest BCUT2D eigenvalue weighted by atomic mass is 10.1. The molecule has 0 bridgehead atoms. The van der Waals surface area contributed by atoms with Crippen molar-refractivity contribution >= 4 is 16.0 Å². The Kier molecular flexibility index (Phi) is 4.26. The Hall–Kier alpha value is -2.07. The summed E-state index contributed by atoms with van der Waals surface area (Å²) in [6.07, 6.45) is 5.83. The third-order valence-corrected chi connectivity index (χ3v) is 4.50. The highest BCUT2D eigenvalue weighted by molar-refractivity contribution is 7.88. The van der Waals surface area contributed by atoms with Gasteiger partial charge in [0.25, 0.3) is 0 Å². The van der Waals surface area contributed by atoms with Crippen molar-refractivity contribution in [2.75, 3.05) is 24.2 Å². The number of hydrogen-bond acceptors (Lipinski definition) is 7. The van der Waals surface area contributed by atoms with E-state index in [0.29, 0.717) is 30.6 Å². The average Bonchev–Trinajstić information content (AvgIpc) is 2.93. The van der Waals surface area contributed by atoms with Crippen LogP contribution >= 0.6 is 0 Å². The number of rotatable bonds is 4. The van der Waals surface area contributed by atoms with Crippen LogP contribution in [0.3, 0.4) is 0 Å². The van der Waals surface area contributed by atoms with Gasteiger partial charge in [-0.2, -0.15) is 5.10 Å². The number of nitrogens with one attached hydrogen (secondary N) is 1. The van der Waals surface area contributed by atoms with Gasteiger partial charge in [-0.3, -0.25) is 0 Å². The van der Waals surface area contributed by atoms with Crippen LogP contribution < -0.4 is 9.62 Å². The Balaban J connectivity index is 1.71. The Morgan fingerprint density at radius 2 is 2.00 bits per heavy atom. The molecule has 0 saturated carbocycles. The molecule has 0 radical (unpaired) electrons. The predicted octanol–water partition coefficient (Wildman–Crippen LogP) is -0.210. The minimum Gasteiger partial charge on any atom is -0.341 e. The highest BCUT2D eigenvalue weighted by atomic mass is 32.2. The molecule has 1 fully saturated rings. The highest BCUT2D eigenvalue weighted by Crippen LogP contribution is 2.19. The van der Waals surface area contributed by atoms with Crippen LogP contribution in [0.25, 0.3) is 11.5 Å². The Bertz CT molecular complexity index is 781. The van der Waals surface area contributed by atoms with Crippen LogP contribution in [0.4, 0.5) is 5.95 Å². The molecule has 124 valence electrons. The average molecular weight is 337 g/mol. The van der Waals surface area contributed by atoms with Gasteiger partial charge in [0, 0.05) is 32.4 Å². The first-order valence-corrected chi connectivity index (χ1v) is 9.21. The van der Waals surface area contributed by atoms with Gasteiger partial charge in [0.2, 0.25) is 16.0 Å². The van der Waals surface area contributed by atoms with E-state index in [1.807, 2.05) is 7.05 Å². The number of sulfonamides is 1. The number of aryl methyl sites for hydroxylation is 1. The summed E-state index contributed by atoms with van der Waals surface area (Å²) in [6, 6.07) is 1.77. The number of hydrogen-bond donors (Lipinski definition) is 1. The molecule has 1 saturated heterocycles. The van der Waals surface area contributed by atoms with Crippen molar-refractivity contribution in [3.05, 3.63) is 18.6 Å². The van der Waals surface area contributed by atoms with E-state index in [-0.39, 0.29) is 6.04 Å². The molecule has 9 nitrogen and oxygen atoms in total. The summed E-state index contributed by atoms with van der Waals surface area (Å²) in [5.41, 5.74) is 0.714. The molecular weight excluding hydrogens is 318 g/mol. The van der Waals surface area contributed by atoms with Crippen LogP contribution in [0.1, 0.15) is 12.8 Å². The summed E-state index contributed by atoms with van der Waals surface area (Å²) in [5, 5.41) is 4.05. The van der Waals surface area contributed by atoms with E-state index in [2.05, 4.69) is 29.7 Å². The fourth-order valence-electron chi connectivity index (χ4n) is 2.65. The van der Waals surface area contributed by atoms with Gasteiger partial charge in [-0.05, 0) is 18.9 Å². The number of nitrogens with zero attached hydrogens (tertiary/aromatic N) is 6. The first kappa shape index (κ1) is 15.8. The second-order valence-corrected chi connectivity index (χ2v) is 7.38. The third-order valence-electron chi connectivity index (χ3n) is 3.74. The maximum Gasteiger partial charge on any atom is 0.225 e. The first-order chi connectivity index (χ1) is 10.9. The molecule has 2 aromatic heterocycles. The molecular formula is C13H19N7O2S. The molecule has 0 aliphatic carbocycles. The number of piperidine rings is 1. The molecule has 2 aromatic rings. The second-order valence-electron chi connectivity index (χ2n) is 5.60. The molecule has 1 N–H and O–H groups in total. The first-order valence-electron chi connectivity index (χ1n) is 7.32. The van der Waals surface area contributed by atoms with E-state index >= 15 is 0 Å². The SMILES string of the molecule is Cn1ncnc1-c1ccnc(N2CCC(NS(C)(=O)=O)CC2)n1. The summed E-state index contributed by atoms with van der Waals surface area (Å²) in [6.45, 7) is 1.41. The Labute approximate surface area is 134 Å². The summed E-state index contributed by atoms with van der Waals surface area (Å²) >= 11 is 0. The molecule has 0 spiro atoms. The smallest absolute Gasteiger partial charge is 0.225 e. The van der Waals surface area contributed by atoms with Crippen molar-refractivity contribution in [1.29, 1.82) is 0 Å². The molecule has 0 aromatic carbocycles. The van der Waals surface area contributed by atoms with Gasteiger partial charge in [-0.15, -0.1) is 0 Å². The molecule has 0 unspecified atom stereocenters. The van der Waals surface area contributed by atoms with Gasteiger partial charge >= 0.3 is 0 Å². The lowest BCUT2D eigenvalue weighted by Gasteiger charge is -2.32. The molecule has 1 aliphatic rings. The quantitative estimate of drug-likeness (QED) is 0.823. The Morgan fingerprint density at radius 1 is 1.26 bits per heavy atom. The maximum absolute atomic E-state index is 11.3. The fraction of sp³-hybridized carbons (Fsp3) is 0.538. The molecule has 0 amide bonds. The summed E-state index contributed by atoms with van der Waals surface area (Å²) in [7, 11) is -1.35. The molecule has 0 atom stereocenters. The van der Waals surface area contributed by atoms with Crippen molar-refractivity contribution in [3.63, 3.8) is 0 Å². The number of anilines is 1. The highest BCUT2D eigenvalue weighted by Gasteiger charge is 2.23. The van der Waals surface area contributed by atoms with Crippen molar-refractivity contribution in [2.45, 2.75) is 18.9 Å². The van der Waals surface area contributed by atoms with Crippen LogP contribution in [0.2, 0.25) is 0 Å². The zero-order valence-corrected chi connectivity index (χ0v) is 13.9. The predicted molar refractivity (Wildman–Crippen MR) is 85.2 cm³/mol.